The van der Waals surface area contributed by atoms with E-state index >= 15 is 0 Å². The Morgan fingerprint density at radius 1 is 1.15 bits per heavy atom. The molecule has 0 saturated carbocycles. The quantitative estimate of drug-likeness (QED) is 0.729. The van der Waals surface area contributed by atoms with E-state index in [1.54, 1.807) is 4.31 Å². The van der Waals surface area contributed by atoms with Gasteiger partial charge in [0.1, 0.15) is 0 Å². The smallest absolute Gasteiger partial charge is 0.279 e. The van der Waals surface area contributed by atoms with Gasteiger partial charge in [0.2, 0.25) is 0 Å². The van der Waals surface area contributed by atoms with Gasteiger partial charge < -0.3 is 5.32 Å². The van der Waals surface area contributed by atoms with Crippen molar-refractivity contribution >= 4 is 22.6 Å². The Morgan fingerprint density at radius 3 is 2.15 bits per heavy atom. The Labute approximate surface area is 130 Å². The molecule has 1 fully saturated rings. The normalized spacial score (nSPS) is 18.8. The molecule has 0 amide bonds. The highest BCUT2D eigenvalue weighted by Gasteiger charge is 2.32. The second-order valence-corrected chi connectivity index (χ2v) is 8.15. The van der Waals surface area contributed by atoms with Crippen LogP contribution in [0.1, 0.15) is 40.0 Å². The van der Waals surface area contributed by atoms with Gasteiger partial charge in [0.25, 0.3) is 10.2 Å². The van der Waals surface area contributed by atoms with Crippen LogP contribution in [0.2, 0.25) is 0 Å². The van der Waals surface area contributed by atoms with Crippen LogP contribution in [-0.4, -0.2) is 45.9 Å². The summed E-state index contributed by atoms with van der Waals surface area (Å²) in [6, 6.07) is 0. The molecule has 0 aromatic carbocycles. The third-order valence-electron chi connectivity index (χ3n) is 3.91. The van der Waals surface area contributed by atoms with Crippen LogP contribution in [0.5, 0.6) is 0 Å². The maximum Gasteiger partial charge on any atom is 0.279 e. The average molecular weight is 328 g/mol. The Hall–Kier alpha value is 0.120. The summed E-state index contributed by atoms with van der Waals surface area (Å²) in [6.07, 6.45) is 2.73. The highest BCUT2D eigenvalue weighted by Crippen LogP contribution is 2.34. The molecule has 0 atom stereocenters. The standard InChI is InChI=1S/C13H29N3O2S.ClH/c1-13(2,3)12-6-10-16(11-7-12)19(17,18)15-9-5-8-14-4;/h12,14-15H,5-11H2,1-4H3;1H. The van der Waals surface area contributed by atoms with Crippen molar-refractivity contribution < 1.29 is 8.42 Å². The SMILES string of the molecule is CNCCCNS(=O)(=O)N1CCC(C(C)(C)C)CC1.Cl. The van der Waals surface area contributed by atoms with Crippen LogP contribution in [0.3, 0.4) is 0 Å². The molecular formula is C13H30ClN3O2S. The van der Waals surface area contributed by atoms with E-state index in [-0.39, 0.29) is 17.8 Å². The van der Waals surface area contributed by atoms with Gasteiger partial charge in [-0.05, 0) is 44.2 Å². The fraction of sp³-hybridized carbons (Fsp3) is 1.00. The number of nitrogens with zero attached hydrogens (tertiary/aromatic N) is 1. The summed E-state index contributed by atoms with van der Waals surface area (Å²) in [5, 5.41) is 3.01. The second kappa shape index (κ2) is 8.54. The molecule has 0 spiro atoms. The zero-order chi connectivity index (χ0) is 14.5. The van der Waals surface area contributed by atoms with E-state index in [1.165, 1.54) is 0 Å². The van der Waals surface area contributed by atoms with Crippen molar-refractivity contribution in [3.8, 4) is 0 Å². The van der Waals surface area contributed by atoms with Crippen LogP contribution in [-0.2, 0) is 10.2 Å². The molecule has 7 heteroatoms. The third kappa shape index (κ3) is 6.26. The summed E-state index contributed by atoms with van der Waals surface area (Å²) in [4.78, 5) is 0. The van der Waals surface area contributed by atoms with Crippen molar-refractivity contribution in [2.75, 3.05) is 33.2 Å². The van der Waals surface area contributed by atoms with Crippen LogP contribution in [0.4, 0.5) is 0 Å². The lowest BCUT2D eigenvalue weighted by Crippen LogP contribution is -2.46. The van der Waals surface area contributed by atoms with E-state index in [2.05, 4.69) is 30.8 Å². The van der Waals surface area contributed by atoms with Gasteiger partial charge in [-0.25, -0.2) is 4.72 Å². The van der Waals surface area contributed by atoms with Crippen LogP contribution >= 0.6 is 12.4 Å². The third-order valence-corrected chi connectivity index (χ3v) is 5.52. The van der Waals surface area contributed by atoms with Crippen LogP contribution in [0, 0.1) is 11.3 Å². The van der Waals surface area contributed by atoms with E-state index in [4.69, 9.17) is 0 Å². The van der Waals surface area contributed by atoms with E-state index in [9.17, 15) is 8.42 Å². The van der Waals surface area contributed by atoms with Crippen molar-refractivity contribution in [2.24, 2.45) is 11.3 Å². The Bertz CT molecular complexity index is 360. The van der Waals surface area contributed by atoms with E-state index < -0.39 is 10.2 Å². The van der Waals surface area contributed by atoms with E-state index in [0.29, 0.717) is 25.6 Å². The molecule has 1 saturated heterocycles. The first-order valence-corrected chi connectivity index (χ1v) is 8.60. The van der Waals surface area contributed by atoms with E-state index in [0.717, 1.165) is 25.8 Å². The molecule has 5 nitrogen and oxygen atoms in total. The Balaban J connectivity index is 0.00000361. The van der Waals surface area contributed by atoms with Gasteiger partial charge in [0.05, 0.1) is 0 Å². The fourth-order valence-electron chi connectivity index (χ4n) is 2.52. The zero-order valence-corrected chi connectivity index (χ0v) is 14.7. The highest BCUT2D eigenvalue weighted by atomic mass is 35.5. The molecule has 0 bridgehead atoms. The van der Waals surface area contributed by atoms with Crippen molar-refractivity contribution in [3.63, 3.8) is 0 Å². The van der Waals surface area contributed by atoms with Crippen molar-refractivity contribution in [2.45, 2.75) is 40.0 Å². The van der Waals surface area contributed by atoms with Gasteiger partial charge in [-0.1, -0.05) is 20.8 Å². The summed E-state index contributed by atoms with van der Waals surface area (Å²) in [5.74, 6) is 0.614. The molecule has 0 aliphatic carbocycles. The van der Waals surface area contributed by atoms with Gasteiger partial charge in [-0.2, -0.15) is 12.7 Å². The minimum absolute atomic E-state index is 0. The molecule has 0 unspecified atom stereocenters. The molecule has 1 aliphatic rings. The largest absolute Gasteiger partial charge is 0.320 e. The molecule has 0 aromatic heterocycles. The van der Waals surface area contributed by atoms with Crippen LogP contribution in [0.15, 0.2) is 0 Å². The lowest BCUT2D eigenvalue weighted by atomic mass is 9.76. The summed E-state index contributed by atoms with van der Waals surface area (Å²) in [5.41, 5.74) is 0.274. The number of rotatable bonds is 6. The number of piperidine rings is 1. The first-order chi connectivity index (χ1) is 8.77. The first-order valence-electron chi connectivity index (χ1n) is 7.16. The molecule has 1 rings (SSSR count). The molecule has 0 aromatic rings. The minimum Gasteiger partial charge on any atom is -0.320 e. The maximum absolute atomic E-state index is 12.1. The summed E-state index contributed by atoms with van der Waals surface area (Å²) in [6.45, 7) is 9.32. The zero-order valence-electron chi connectivity index (χ0n) is 13.1. The Morgan fingerprint density at radius 2 is 1.70 bits per heavy atom. The highest BCUT2D eigenvalue weighted by molar-refractivity contribution is 7.87. The predicted octanol–water partition coefficient (Wildman–Crippen LogP) is 1.61. The second-order valence-electron chi connectivity index (χ2n) is 6.40. The maximum atomic E-state index is 12.1. The lowest BCUT2D eigenvalue weighted by Gasteiger charge is -2.38. The van der Waals surface area contributed by atoms with Crippen LogP contribution in [0.25, 0.3) is 0 Å². The van der Waals surface area contributed by atoms with Crippen molar-refractivity contribution in [3.05, 3.63) is 0 Å². The summed E-state index contributed by atoms with van der Waals surface area (Å²) >= 11 is 0. The summed E-state index contributed by atoms with van der Waals surface area (Å²) < 4.78 is 28.5. The van der Waals surface area contributed by atoms with Crippen LogP contribution < -0.4 is 10.0 Å². The van der Waals surface area contributed by atoms with Gasteiger partial charge in [-0.15, -0.1) is 12.4 Å². The monoisotopic (exact) mass is 327 g/mol. The lowest BCUT2D eigenvalue weighted by molar-refractivity contribution is 0.153. The number of hydrogen-bond donors (Lipinski definition) is 2. The van der Waals surface area contributed by atoms with E-state index in [1.807, 2.05) is 7.05 Å². The fourth-order valence-corrected chi connectivity index (χ4v) is 3.80. The molecule has 20 heavy (non-hydrogen) atoms. The predicted molar refractivity (Wildman–Crippen MR) is 86.5 cm³/mol. The number of hydrogen-bond acceptors (Lipinski definition) is 3. The summed E-state index contributed by atoms with van der Waals surface area (Å²) in [7, 11) is -1.41. The molecular weight excluding hydrogens is 298 g/mol. The Kier molecular flexibility index (Phi) is 8.59. The molecule has 2 N–H and O–H groups in total. The topological polar surface area (TPSA) is 61.4 Å². The van der Waals surface area contributed by atoms with Gasteiger partial charge >= 0.3 is 0 Å². The molecule has 1 heterocycles. The first kappa shape index (κ1) is 20.1. The molecule has 0 radical (unpaired) electrons. The van der Waals surface area contributed by atoms with Gasteiger partial charge in [0, 0.05) is 19.6 Å². The van der Waals surface area contributed by atoms with Crippen molar-refractivity contribution in [1.82, 2.24) is 14.3 Å². The molecule has 122 valence electrons. The van der Waals surface area contributed by atoms with Gasteiger partial charge in [-0.3, -0.25) is 0 Å². The minimum atomic E-state index is -3.28. The molecule has 1 aliphatic heterocycles. The van der Waals surface area contributed by atoms with Crippen molar-refractivity contribution in [1.29, 1.82) is 0 Å². The average Bonchev–Trinajstić information content (AvgIpc) is 2.34. The number of halogens is 1. The number of nitrogens with one attached hydrogen (secondary N) is 2. The van der Waals surface area contributed by atoms with Gasteiger partial charge in [0.15, 0.2) is 0 Å².